The quantitative estimate of drug-likeness (QED) is 0.430. The van der Waals surface area contributed by atoms with Crippen LogP contribution in [0.25, 0.3) is 11.5 Å². The average Bonchev–Trinajstić information content (AvgIpc) is 3.45. The molecule has 1 aliphatic rings. The number of para-hydroxylation sites is 1. The fraction of sp³-hybridized carbons (Fsp3) is 0.286. The van der Waals surface area contributed by atoms with Crippen molar-refractivity contribution in [1.82, 2.24) is 24.6 Å². The molecule has 0 saturated heterocycles. The number of carbonyl (C=O) groups is 1. The Balaban J connectivity index is 1.74. The monoisotopic (exact) mass is 453 g/mol. The van der Waals surface area contributed by atoms with Crippen molar-refractivity contribution in [3.05, 3.63) is 101 Å². The van der Waals surface area contributed by atoms with Crippen molar-refractivity contribution in [2.45, 2.75) is 46.2 Å². The van der Waals surface area contributed by atoms with Gasteiger partial charge in [0.25, 0.3) is 0 Å². The molecule has 0 aliphatic carbocycles. The molecule has 2 aromatic carbocycles. The van der Waals surface area contributed by atoms with Crippen LogP contribution < -0.4 is 5.32 Å². The van der Waals surface area contributed by atoms with Crippen molar-refractivity contribution >= 4 is 6.03 Å². The van der Waals surface area contributed by atoms with Gasteiger partial charge in [-0.3, -0.25) is 0 Å². The summed E-state index contributed by atoms with van der Waals surface area (Å²) in [5.74, 6) is 1.01. The van der Waals surface area contributed by atoms with Gasteiger partial charge >= 0.3 is 6.03 Å². The lowest BCUT2D eigenvalue weighted by Gasteiger charge is -2.31. The van der Waals surface area contributed by atoms with E-state index >= 15 is 0 Å². The number of aryl methyl sites for hydroxylation is 2. The summed E-state index contributed by atoms with van der Waals surface area (Å²) in [5, 5.41) is 8.12. The first-order valence-electron chi connectivity index (χ1n) is 12.1. The molecule has 1 aliphatic heterocycles. The largest absolute Gasteiger partial charge is 0.338 e. The third-order valence-corrected chi connectivity index (χ3v) is 6.48. The molecule has 0 saturated carbocycles. The molecule has 0 bridgehead atoms. The fourth-order valence-electron chi connectivity index (χ4n) is 4.78. The molecule has 4 aromatic rings. The van der Waals surface area contributed by atoms with Crippen molar-refractivity contribution < 1.29 is 4.79 Å². The van der Waals surface area contributed by atoms with Gasteiger partial charge in [0.05, 0.1) is 29.7 Å². The van der Waals surface area contributed by atoms with Gasteiger partial charge in [0.1, 0.15) is 5.82 Å². The molecule has 1 atom stereocenters. The van der Waals surface area contributed by atoms with Gasteiger partial charge in [0.15, 0.2) is 0 Å². The number of hydrogen-bond donors (Lipinski definition) is 1. The Bertz CT molecular complexity index is 1290. The summed E-state index contributed by atoms with van der Waals surface area (Å²) in [7, 11) is 0. The Morgan fingerprint density at radius 1 is 1.03 bits per heavy atom. The van der Waals surface area contributed by atoms with E-state index in [0.717, 1.165) is 46.9 Å². The Morgan fingerprint density at radius 2 is 1.79 bits per heavy atom. The number of benzene rings is 2. The second kappa shape index (κ2) is 9.21. The third-order valence-electron chi connectivity index (χ3n) is 6.48. The molecule has 1 N–H and O–H groups in total. The maximum atomic E-state index is 13.6. The van der Waals surface area contributed by atoms with Crippen molar-refractivity contribution in [3.63, 3.8) is 0 Å². The fourth-order valence-corrected chi connectivity index (χ4v) is 4.78. The van der Waals surface area contributed by atoms with E-state index in [1.807, 2.05) is 27.8 Å². The van der Waals surface area contributed by atoms with Gasteiger partial charge in [0, 0.05) is 18.3 Å². The van der Waals surface area contributed by atoms with Crippen LogP contribution in [-0.4, -0.2) is 31.8 Å². The summed E-state index contributed by atoms with van der Waals surface area (Å²) in [6, 6.07) is 22.6. The Morgan fingerprint density at radius 3 is 2.50 bits per heavy atom. The Kier molecular flexibility index (Phi) is 5.97. The number of nitrogens with one attached hydrogen (secondary N) is 1. The average molecular weight is 454 g/mol. The molecule has 0 radical (unpaired) electrons. The molecular formula is C28H31N5O. The topological polar surface area (TPSA) is 55.1 Å². The van der Waals surface area contributed by atoms with E-state index in [0.29, 0.717) is 13.1 Å². The molecule has 174 valence electrons. The highest BCUT2D eigenvalue weighted by Gasteiger charge is 2.36. The number of amides is 2. The van der Waals surface area contributed by atoms with Gasteiger partial charge in [-0.25, -0.2) is 9.48 Å². The molecule has 5 rings (SSSR count). The van der Waals surface area contributed by atoms with Crippen molar-refractivity contribution in [2.24, 2.45) is 0 Å². The van der Waals surface area contributed by atoms with Crippen LogP contribution >= 0.6 is 0 Å². The lowest BCUT2D eigenvalue weighted by molar-refractivity contribution is 0.180. The van der Waals surface area contributed by atoms with Crippen molar-refractivity contribution in [1.29, 1.82) is 0 Å². The zero-order valence-corrected chi connectivity index (χ0v) is 20.0. The van der Waals surface area contributed by atoms with E-state index in [9.17, 15) is 4.79 Å². The maximum Gasteiger partial charge on any atom is 0.318 e. The minimum absolute atomic E-state index is 0.0532. The lowest BCUT2D eigenvalue weighted by Crippen LogP contribution is -2.42. The predicted octanol–water partition coefficient (Wildman–Crippen LogP) is 5.56. The SMILES string of the molecule is CCCNC(=O)N1Cc2c(CC)nn(-c3ccccc3)c2-n2cccc2C1c1ccc(C)cc1. The van der Waals surface area contributed by atoms with Crippen LogP contribution in [0.3, 0.4) is 0 Å². The van der Waals surface area contributed by atoms with E-state index < -0.39 is 0 Å². The predicted molar refractivity (Wildman–Crippen MR) is 135 cm³/mol. The normalized spacial score (nSPS) is 14.9. The summed E-state index contributed by atoms with van der Waals surface area (Å²) < 4.78 is 4.24. The van der Waals surface area contributed by atoms with E-state index in [2.05, 4.69) is 85.4 Å². The zero-order chi connectivity index (χ0) is 23.7. The van der Waals surface area contributed by atoms with Crippen molar-refractivity contribution in [2.75, 3.05) is 6.54 Å². The lowest BCUT2D eigenvalue weighted by atomic mass is 10.0. The highest BCUT2D eigenvalue weighted by molar-refractivity contribution is 5.76. The second-order valence-corrected chi connectivity index (χ2v) is 8.83. The number of carbonyl (C=O) groups excluding carboxylic acids is 1. The molecule has 2 amide bonds. The number of fused-ring (bicyclic) bond motifs is 3. The van der Waals surface area contributed by atoms with Gasteiger partial charge in [-0.1, -0.05) is 61.9 Å². The molecule has 6 nitrogen and oxygen atoms in total. The van der Waals surface area contributed by atoms with Crippen molar-refractivity contribution in [3.8, 4) is 11.5 Å². The summed E-state index contributed by atoms with van der Waals surface area (Å²) in [4.78, 5) is 15.5. The number of rotatable bonds is 5. The van der Waals surface area contributed by atoms with Crippen LogP contribution in [0.2, 0.25) is 0 Å². The van der Waals surface area contributed by atoms with Gasteiger partial charge in [-0.2, -0.15) is 5.10 Å². The minimum atomic E-state index is -0.214. The molecule has 6 heteroatoms. The molecule has 0 fully saturated rings. The third kappa shape index (κ3) is 3.79. The smallest absolute Gasteiger partial charge is 0.318 e. The molecular weight excluding hydrogens is 422 g/mol. The van der Waals surface area contributed by atoms with E-state index in [-0.39, 0.29) is 12.1 Å². The standard InChI is InChI=1S/C28H31N5O/c1-4-17-29-28(34)32-19-23-24(5-2)30-33(22-10-7-6-8-11-22)27(23)31-18-9-12-25(31)26(32)21-15-13-20(3)14-16-21/h6-16,18,26H,4-5,17,19H2,1-3H3,(H,29,34). The van der Waals surface area contributed by atoms with Gasteiger partial charge in [0.2, 0.25) is 0 Å². The van der Waals surface area contributed by atoms with Gasteiger partial charge in [-0.15, -0.1) is 0 Å². The minimum Gasteiger partial charge on any atom is -0.338 e. The first kappa shape index (κ1) is 22.0. The van der Waals surface area contributed by atoms with Crippen LogP contribution in [0.15, 0.2) is 72.9 Å². The number of hydrogen-bond acceptors (Lipinski definition) is 2. The molecule has 34 heavy (non-hydrogen) atoms. The van der Waals surface area contributed by atoms with Crippen LogP contribution in [0.5, 0.6) is 0 Å². The highest BCUT2D eigenvalue weighted by atomic mass is 16.2. The summed E-state index contributed by atoms with van der Waals surface area (Å²) in [6.07, 6.45) is 3.77. The van der Waals surface area contributed by atoms with Crippen LogP contribution in [0.4, 0.5) is 4.79 Å². The Labute approximate surface area is 200 Å². The zero-order valence-electron chi connectivity index (χ0n) is 20.0. The highest BCUT2D eigenvalue weighted by Crippen LogP contribution is 2.38. The maximum absolute atomic E-state index is 13.6. The summed E-state index contributed by atoms with van der Waals surface area (Å²) >= 11 is 0. The molecule has 0 spiro atoms. The molecule has 1 unspecified atom stereocenters. The van der Waals surface area contributed by atoms with E-state index in [1.165, 1.54) is 5.56 Å². The molecule has 3 heterocycles. The second-order valence-electron chi connectivity index (χ2n) is 8.83. The first-order chi connectivity index (χ1) is 16.6. The van der Waals surface area contributed by atoms with Gasteiger partial charge in [-0.05, 0) is 49.6 Å². The van der Waals surface area contributed by atoms with Gasteiger partial charge < -0.3 is 14.8 Å². The summed E-state index contributed by atoms with van der Waals surface area (Å²) in [6.45, 7) is 7.42. The summed E-state index contributed by atoms with van der Waals surface area (Å²) in [5.41, 5.74) is 6.45. The van der Waals surface area contributed by atoms with E-state index in [4.69, 9.17) is 5.10 Å². The van der Waals surface area contributed by atoms with Crippen LogP contribution in [0, 0.1) is 6.92 Å². The number of aromatic nitrogens is 3. The van der Waals surface area contributed by atoms with E-state index in [1.54, 1.807) is 0 Å². The first-order valence-corrected chi connectivity index (χ1v) is 12.1. The number of urea groups is 1. The van der Waals surface area contributed by atoms with Crippen LogP contribution in [0.1, 0.15) is 54.4 Å². The number of nitrogens with zero attached hydrogens (tertiary/aromatic N) is 4. The Hall–Kier alpha value is -3.80. The van der Waals surface area contributed by atoms with Crippen LogP contribution in [-0.2, 0) is 13.0 Å². The molecule has 2 aromatic heterocycles.